The van der Waals surface area contributed by atoms with E-state index in [0.717, 1.165) is 19.3 Å². The Morgan fingerprint density at radius 2 is 2.28 bits per heavy atom. The van der Waals surface area contributed by atoms with E-state index in [1.165, 1.54) is 6.07 Å². The second kappa shape index (κ2) is 6.05. The lowest BCUT2D eigenvalue weighted by Crippen LogP contribution is -2.29. The fourth-order valence-electron chi connectivity index (χ4n) is 2.03. The first-order chi connectivity index (χ1) is 8.66. The Labute approximate surface area is 115 Å². The molecule has 1 atom stereocenters. The summed E-state index contributed by atoms with van der Waals surface area (Å²) in [6.45, 7) is 0.694. The highest BCUT2D eigenvalue weighted by atomic mass is 79.9. The molecule has 1 unspecified atom stereocenters. The molecule has 1 aromatic rings. The highest BCUT2D eigenvalue weighted by Crippen LogP contribution is 2.24. The first-order valence-electron chi connectivity index (χ1n) is 6.08. The van der Waals surface area contributed by atoms with Crippen molar-refractivity contribution in [3.63, 3.8) is 0 Å². The zero-order valence-electron chi connectivity index (χ0n) is 10.0. The van der Waals surface area contributed by atoms with E-state index in [9.17, 15) is 9.90 Å². The van der Waals surface area contributed by atoms with Gasteiger partial charge < -0.3 is 10.4 Å². The SMILES string of the molecule is O=C(NCC1CC=CCC1)c1ccc(Br)c(O)c1. The Balaban J connectivity index is 1.91. The molecule has 1 aliphatic rings. The molecule has 0 saturated heterocycles. The normalized spacial score (nSPS) is 18.6. The molecule has 0 radical (unpaired) electrons. The molecule has 18 heavy (non-hydrogen) atoms. The predicted molar refractivity (Wildman–Crippen MR) is 74.6 cm³/mol. The summed E-state index contributed by atoms with van der Waals surface area (Å²) in [7, 11) is 0. The van der Waals surface area contributed by atoms with Crippen molar-refractivity contribution in [2.75, 3.05) is 6.54 Å². The van der Waals surface area contributed by atoms with Crippen molar-refractivity contribution in [2.45, 2.75) is 19.3 Å². The van der Waals surface area contributed by atoms with E-state index < -0.39 is 0 Å². The number of rotatable bonds is 3. The molecule has 0 saturated carbocycles. The van der Waals surface area contributed by atoms with Crippen molar-refractivity contribution in [3.8, 4) is 5.75 Å². The summed E-state index contributed by atoms with van der Waals surface area (Å²) in [5.74, 6) is 0.485. The van der Waals surface area contributed by atoms with Gasteiger partial charge in [0, 0.05) is 12.1 Å². The van der Waals surface area contributed by atoms with Gasteiger partial charge in [0.1, 0.15) is 5.75 Å². The summed E-state index contributed by atoms with van der Waals surface area (Å²) in [6.07, 6.45) is 7.62. The van der Waals surface area contributed by atoms with Crippen LogP contribution in [-0.2, 0) is 0 Å². The van der Waals surface area contributed by atoms with Crippen LogP contribution in [0, 0.1) is 5.92 Å². The largest absolute Gasteiger partial charge is 0.507 e. The van der Waals surface area contributed by atoms with Crippen LogP contribution >= 0.6 is 15.9 Å². The molecule has 96 valence electrons. The van der Waals surface area contributed by atoms with Crippen molar-refractivity contribution in [3.05, 3.63) is 40.4 Å². The maximum Gasteiger partial charge on any atom is 0.251 e. The summed E-state index contributed by atoms with van der Waals surface area (Å²) in [6, 6.07) is 4.84. The third-order valence-corrected chi connectivity index (χ3v) is 3.81. The first-order valence-corrected chi connectivity index (χ1v) is 6.88. The molecule has 0 heterocycles. The quantitative estimate of drug-likeness (QED) is 0.842. The molecule has 1 amide bonds. The highest BCUT2D eigenvalue weighted by Gasteiger charge is 2.13. The van der Waals surface area contributed by atoms with Crippen LogP contribution in [0.4, 0.5) is 0 Å². The Hall–Kier alpha value is -1.29. The molecule has 0 aliphatic heterocycles. The third-order valence-electron chi connectivity index (χ3n) is 3.14. The second-order valence-corrected chi connectivity index (χ2v) is 5.38. The molecule has 4 heteroatoms. The Kier molecular flexibility index (Phi) is 4.42. The van der Waals surface area contributed by atoms with Crippen molar-refractivity contribution >= 4 is 21.8 Å². The number of nitrogens with one attached hydrogen (secondary N) is 1. The fraction of sp³-hybridized carbons (Fsp3) is 0.357. The van der Waals surface area contributed by atoms with Crippen LogP contribution in [0.5, 0.6) is 5.75 Å². The van der Waals surface area contributed by atoms with Gasteiger partial charge in [0.05, 0.1) is 4.47 Å². The molecule has 2 N–H and O–H groups in total. The highest BCUT2D eigenvalue weighted by molar-refractivity contribution is 9.10. The average molecular weight is 310 g/mol. The lowest BCUT2D eigenvalue weighted by molar-refractivity contribution is 0.0946. The van der Waals surface area contributed by atoms with Crippen LogP contribution in [-0.4, -0.2) is 17.6 Å². The van der Waals surface area contributed by atoms with Crippen molar-refractivity contribution < 1.29 is 9.90 Å². The average Bonchev–Trinajstić information content (AvgIpc) is 2.40. The number of benzene rings is 1. The number of amides is 1. The van der Waals surface area contributed by atoms with Gasteiger partial charge in [0.2, 0.25) is 0 Å². The molecular formula is C14H16BrNO2. The third kappa shape index (κ3) is 3.35. The minimum atomic E-state index is -0.132. The van der Waals surface area contributed by atoms with Crippen molar-refractivity contribution in [1.82, 2.24) is 5.32 Å². The van der Waals surface area contributed by atoms with Crippen molar-refractivity contribution in [2.24, 2.45) is 5.92 Å². The molecule has 3 nitrogen and oxygen atoms in total. The van der Waals surface area contributed by atoms with Gasteiger partial charge in [-0.25, -0.2) is 0 Å². The van der Waals surface area contributed by atoms with Crippen LogP contribution < -0.4 is 5.32 Å². The van der Waals surface area contributed by atoms with Crippen LogP contribution in [0.3, 0.4) is 0 Å². The lowest BCUT2D eigenvalue weighted by atomic mass is 9.94. The van der Waals surface area contributed by atoms with E-state index in [1.54, 1.807) is 12.1 Å². The molecule has 0 fully saturated rings. The molecular weight excluding hydrogens is 294 g/mol. The van der Waals surface area contributed by atoms with E-state index in [-0.39, 0.29) is 11.7 Å². The zero-order valence-corrected chi connectivity index (χ0v) is 11.6. The maximum absolute atomic E-state index is 11.9. The molecule has 0 aromatic heterocycles. The monoisotopic (exact) mass is 309 g/mol. The van der Waals surface area contributed by atoms with Gasteiger partial charge >= 0.3 is 0 Å². The van der Waals surface area contributed by atoms with E-state index in [1.807, 2.05) is 0 Å². The minimum absolute atomic E-state index is 0.0863. The Morgan fingerprint density at radius 3 is 2.94 bits per heavy atom. The predicted octanol–water partition coefficient (Wildman–Crippen LogP) is 3.24. The Morgan fingerprint density at radius 1 is 1.44 bits per heavy atom. The number of carbonyl (C=O) groups is 1. The van der Waals surface area contributed by atoms with Crippen molar-refractivity contribution in [1.29, 1.82) is 0 Å². The second-order valence-electron chi connectivity index (χ2n) is 4.53. The molecule has 0 spiro atoms. The number of phenolic OH excluding ortho intramolecular Hbond substituents is 1. The van der Waals surface area contributed by atoms with Gasteiger partial charge in [-0.05, 0) is 59.3 Å². The summed E-state index contributed by atoms with van der Waals surface area (Å²) in [5.41, 5.74) is 0.488. The number of aromatic hydroxyl groups is 1. The van der Waals surface area contributed by atoms with E-state index in [0.29, 0.717) is 22.5 Å². The first kappa shape index (κ1) is 13.1. The van der Waals surface area contributed by atoms with Gasteiger partial charge in [0.15, 0.2) is 0 Å². The van der Waals surface area contributed by atoms with E-state index in [4.69, 9.17) is 0 Å². The van der Waals surface area contributed by atoms with E-state index in [2.05, 4.69) is 33.4 Å². The Bertz CT molecular complexity index is 471. The number of phenols is 1. The standard InChI is InChI=1S/C14H16BrNO2/c15-12-7-6-11(8-13(12)17)14(18)16-9-10-4-2-1-3-5-10/h1-2,6-8,10,17H,3-5,9H2,(H,16,18). The van der Waals surface area contributed by atoms with Gasteiger partial charge in [-0.15, -0.1) is 0 Å². The maximum atomic E-state index is 11.9. The van der Waals surface area contributed by atoms with E-state index >= 15 is 0 Å². The number of allylic oxidation sites excluding steroid dienone is 2. The summed E-state index contributed by atoms with van der Waals surface area (Å²) >= 11 is 3.19. The summed E-state index contributed by atoms with van der Waals surface area (Å²) in [4.78, 5) is 11.9. The number of hydrogen-bond donors (Lipinski definition) is 2. The smallest absolute Gasteiger partial charge is 0.251 e. The molecule has 1 aliphatic carbocycles. The topological polar surface area (TPSA) is 49.3 Å². The van der Waals surface area contributed by atoms with Crippen LogP contribution in [0.25, 0.3) is 0 Å². The lowest BCUT2D eigenvalue weighted by Gasteiger charge is -2.18. The summed E-state index contributed by atoms with van der Waals surface area (Å²) in [5, 5.41) is 12.4. The number of halogens is 1. The van der Waals surface area contributed by atoms with Gasteiger partial charge in [-0.3, -0.25) is 4.79 Å². The van der Waals surface area contributed by atoms with Crippen LogP contribution in [0.15, 0.2) is 34.8 Å². The van der Waals surface area contributed by atoms with Crippen LogP contribution in [0.1, 0.15) is 29.6 Å². The molecule has 0 bridgehead atoms. The number of hydrogen-bond acceptors (Lipinski definition) is 2. The molecule has 2 rings (SSSR count). The summed E-state index contributed by atoms with van der Waals surface area (Å²) < 4.78 is 0.594. The minimum Gasteiger partial charge on any atom is -0.507 e. The van der Waals surface area contributed by atoms with Gasteiger partial charge in [-0.1, -0.05) is 12.2 Å². The fourth-order valence-corrected chi connectivity index (χ4v) is 2.28. The van der Waals surface area contributed by atoms with Gasteiger partial charge in [-0.2, -0.15) is 0 Å². The number of carbonyl (C=O) groups excluding carboxylic acids is 1. The molecule has 1 aromatic carbocycles. The zero-order chi connectivity index (χ0) is 13.0. The van der Waals surface area contributed by atoms with Crippen LogP contribution in [0.2, 0.25) is 0 Å². The van der Waals surface area contributed by atoms with Gasteiger partial charge in [0.25, 0.3) is 5.91 Å².